The Hall–Kier alpha value is -2.56. The van der Waals surface area contributed by atoms with E-state index in [2.05, 4.69) is 10.2 Å². The maximum absolute atomic E-state index is 12.2. The zero-order chi connectivity index (χ0) is 16.8. The summed E-state index contributed by atoms with van der Waals surface area (Å²) in [7, 11) is 0. The normalized spacial score (nSPS) is 13.4. The van der Waals surface area contributed by atoms with E-state index < -0.39 is 0 Å². The Morgan fingerprint density at radius 3 is 2.12 bits per heavy atom. The molecule has 24 heavy (non-hydrogen) atoms. The summed E-state index contributed by atoms with van der Waals surface area (Å²) < 4.78 is 0. The molecule has 5 nitrogen and oxygen atoms in total. The summed E-state index contributed by atoms with van der Waals surface area (Å²) in [6, 6.07) is 10.9. The van der Waals surface area contributed by atoms with Crippen molar-refractivity contribution in [2.45, 2.75) is 38.5 Å². The van der Waals surface area contributed by atoms with Crippen LogP contribution in [0.5, 0.6) is 0 Å². The number of aryl methyl sites for hydroxylation is 1. The molecule has 0 unspecified atom stereocenters. The molecule has 2 aromatic rings. The molecular formula is C19H21N3O2. The quantitative estimate of drug-likeness (QED) is 0.552. The second kappa shape index (κ2) is 7.81. The monoisotopic (exact) mass is 323 g/mol. The molecular weight excluding hydrogens is 302 g/mol. The van der Waals surface area contributed by atoms with E-state index in [0.29, 0.717) is 17.7 Å². The van der Waals surface area contributed by atoms with Gasteiger partial charge in [0.15, 0.2) is 0 Å². The van der Waals surface area contributed by atoms with Crippen LogP contribution in [0, 0.1) is 0 Å². The molecule has 2 amide bonds. The second-order valence-electron chi connectivity index (χ2n) is 6.04. The highest BCUT2D eigenvalue weighted by Crippen LogP contribution is 2.22. The number of aromatic nitrogens is 2. The predicted octanol–water partition coefficient (Wildman–Crippen LogP) is 3.27. The molecule has 1 aromatic heterocycles. The van der Waals surface area contributed by atoms with E-state index in [9.17, 15) is 9.59 Å². The Morgan fingerprint density at radius 1 is 0.792 bits per heavy atom. The number of unbranched alkanes of at least 4 members (excludes halogenated alkanes) is 4. The summed E-state index contributed by atoms with van der Waals surface area (Å²) in [6.07, 6.45) is 7.83. The van der Waals surface area contributed by atoms with Gasteiger partial charge in [0.25, 0.3) is 11.8 Å². The fraction of sp³-hybridized carbons (Fsp3) is 0.368. The van der Waals surface area contributed by atoms with Crippen LogP contribution in [0.1, 0.15) is 58.5 Å². The highest BCUT2D eigenvalue weighted by molar-refractivity contribution is 6.21. The molecule has 0 saturated carbocycles. The van der Waals surface area contributed by atoms with Crippen molar-refractivity contribution in [2.24, 2.45) is 0 Å². The van der Waals surface area contributed by atoms with Crippen LogP contribution in [0.4, 0.5) is 0 Å². The smallest absolute Gasteiger partial charge is 0.261 e. The molecule has 0 bridgehead atoms. The van der Waals surface area contributed by atoms with Gasteiger partial charge in [0.2, 0.25) is 0 Å². The van der Waals surface area contributed by atoms with Crippen molar-refractivity contribution in [3.8, 4) is 0 Å². The van der Waals surface area contributed by atoms with Crippen molar-refractivity contribution < 1.29 is 9.59 Å². The molecule has 0 fully saturated rings. The van der Waals surface area contributed by atoms with Gasteiger partial charge >= 0.3 is 0 Å². The number of nitrogens with zero attached hydrogens (tertiary/aromatic N) is 3. The zero-order valence-electron chi connectivity index (χ0n) is 13.6. The number of carbonyl (C=O) groups is 2. The minimum Gasteiger partial charge on any atom is -0.274 e. The van der Waals surface area contributed by atoms with Crippen LogP contribution >= 0.6 is 0 Å². The first kappa shape index (κ1) is 16.3. The standard InChI is InChI=1S/C19H21N3O2/c23-18-16-11-5-6-12-17(16)19(24)22(18)14-7-3-1-2-4-9-15-10-8-13-20-21-15/h5-6,8,10-13H,1-4,7,9,14H2. The number of benzene rings is 1. The van der Waals surface area contributed by atoms with Crippen LogP contribution < -0.4 is 0 Å². The highest BCUT2D eigenvalue weighted by Gasteiger charge is 2.34. The van der Waals surface area contributed by atoms with E-state index in [4.69, 9.17) is 0 Å². The van der Waals surface area contributed by atoms with Crippen LogP contribution in [0.2, 0.25) is 0 Å². The van der Waals surface area contributed by atoms with Gasteiger partial charge < -0.3 is 0 Å². The van der Waals surface area contributed by atoms with Gasteiger partial charge in [0, 0.05) is 12.7 Å². The molecule has 0 aliphatic carbocycles. The van der Waals surface area contributed by atoms with Crippen molar-refractivity contribution in [1.29, 1.82) is 0 Å². The molecule has 0 N–H and O–H groups in total. The van der Waals surface area contributed by atoms with E-state index in [1.807, 2.05) is 12.1 Å². The Morgan fingerprint density at radius 2 is 1.46 bits per heavy atom. The molecule has 0 saturated heterocycles. The van der Waals surface area contributed by atoms with E-state index in [1.54, 1.807) is 30.5 Å². The Labute approximate surface area is 141 Å². The van der Waals surface area contributed by atoms with E-state index in [1.165, 1.54) is 4.90 Å². The van der Waals surface area contributed by atoms with Crippen molar-refractivity contribution in [2.75, 3.05) is 6.54 Å². The van der Waals surface area contributed by atoms with E-state index >= 15 is 0 Å². The third-order valence-corrected chi connectivity index (χ3v) is 4.32. The van der Waals surface area contributed by atoms with Crippen molar-refractivity contribution in [3.05, 3.63) is 59.4 Å². The molecule has 124 valence electrons. The zero-order valence-corrected chi connectivity index (χ0v) is 13.6. The van der Waals surface area contributed by atoms with Crippen molar-refractivity contribution in [1.82, 2.24) is 15.1 Å². The molecule has 0 spiro atoms. The highest BCUT2D eigenvalue weighted by atomic mass is 16.2. The van der Waals surface area contributed by atoms with Crippen molar-refractivity contribution in [3.63, 3.8) is 0 Å². The lowest BCUT2D eigenvalue weighted by atomic mass is 10.1. The van der Waals surface area contributed by atoms with Crippen LogP contribution in [0.3, 0.4) is 0 Å². The van der Waals surface area contributed by atoms with Gasteiger partial charge in [-0.1, -0.05) is 31.4 Å². The van der Waals surface area contributed by atoms with Gasteiger partial charge in [0.05, 0.1) is 16.8 Å². The molecule has 1 aromatic carbocycles. The lowest BCUT2D eigenvalue weighted by molar-refractivity contribution is 0.0651. The van der Waals surface area contributed by atoms with E-state index in [-0.39, 0.29) is 11.8 Å². The molecule has 1 aliphatic rings. The average Bonchev–Trinajstić information content (AvgIpc) is 2.87. The number of carbonyl (C=O) groups excluding carboxylic acids is 2. The Bertz CT molecular complexity index is 681. The number of amides is 2. The summed E-state index contributed by atoms with van der Waals surface area (Å²) in [5, 5.41) is 7.94. The fourth-order valence-electron chi connectivity index (χ4n) is 3.02. The molecule has 2 heterocycles. The minimum atomic E-state index is -0.154. The molecule has 3 rings (SSSR count). The van der Waals surface area contributed by atoms with Crippen LogP contribution in [0.25, 0.3) is 0 Å². The summed E-state index contributed by atoms with van der Waals surface area (Å²) >= 11 is 0. The van der Waals surface area contributed by atoms with Gasteiger partial charge in [0.1, 0.15) is 0 Å². The number of rotatable bonds is 8. The van der Waals surface area contributed by atoms with E-state index in [0.717, 1.165) is 44.2 Å². The summed E-state index contributed by atoms with van der Waals surface area (Å²) in [5.41, 5.74) is 2.10. The van der Waals surface area contributed by atoms with Gasteiger partial charge in [-0.3, -0.25) is 14.5 Å². The molecule has 5 heteroatoms. The summed E-state index contributed by atoms with van der Waals surface area (Å²) in [6.45, 7) is 0.510. The van der Waals surface area contributed by atoms with Crippen LogP contribution in [0.15, 0.2) is 42.6 Å². The maximum Gasteiger partial charge on any atom is 0.261 e. The molecule has 0 radical (unpaired) electrons. The number of hydrogen-bond donors (Lipinski definition) is 0. The summed E-state index contributed by atoms with van der Waals surface area (Å²) in [4.78, 5) is 25.8. The van der Waals surface area contributed by atoms with Gasteiger partial charge in [-0.15, -0.1) is 0 Å². The first-order valence-corrected chi connectivity index (χ1v) is 8.49. The largest absolute Gasteiger partial charge is 0.274 e. The van der Waals surface area contributed by atoms with Crippen molar-refractivity contribution >= 4 is 11.8 Å². The van der Waals surface area contributed by atoms with Gasteiger partial charge in [-0.05, 0) is 43.5 Å². The first-order chi connectivity index (χ1) is 11.8. The van der Waals surface area contributed by atoms with Gasteiger partial charge in [-0.2, -0.15) is 10.2 Å². The fourth-order valence-corrected chi connectivity index (χ4v) is 3.02. The first-order valence-electron chi connectivity index (χ1n) is 8.49. The molecule has 0 atom stereocenters. The topological polar surface area (TPSA) is 63.2 Å². The number of imide groups is 1. The lowest BCUT2D eigenvalue weighted by Gasteiger charge is -2.13. The number of hydrogen-bond acceptors (Lipinski definition) is 4. The second-order valence-corrected chi connectivity index (χ2v) is 6.04. The average molecular weight is 323 g/mol. The predicted molar refractivity (Wildman–Crippen MR) is 90.6 cm³/mol. The Kier molecular flexibility index (Phi) is 5.31. The minimum absolute atomic E-state index is 0.154. The van der Waals surface area contributed by atoms with Crippen LogP contribution in [-0.4, -0.2) is 33.5 Å². The SMILES string of the molecule is O=C1c2ccccc2C(=O)N1CCCCCCCc1cccnn1. The third kappa shape index (κ3) is 3.67. The number of fused-ring (bicyclic) bond motifs is 1. The molecule has 1 aliphatic heterocycles. The van der Waals surface area contributed by atoms with Gasteiger partial charge in [-0.25, -0.2) is 0 Å². The summed E-state index contributed by atoms with van der Waals surface area (Å²) in [5.74, 6) is -0.309. The maximum atomic E-state index is 12.2. The Balaban J connectivity index is 1.34. The van der Waals surface area contributed by atoms with Crippen LogP contribution in [-0.2, 0) is 6.42 Å². The third-order valence-electron chi connectivity index (χ3n) is 4.32. The lowest BCUT2D eigenvalue weighted by Crippen LogP contribution is -2.30.